The van der Waals surface area contributed by atoms with Crippen molar-refractivity contribution in [1.82, 2.24) is 0 Å². The van der Waals surface area contributed by atoms with E-state index >= 15 is 0 Å². The monoisotopic (exact) mass is 771 g/mol. The van der Waals surface area contributed by atoms with Crippen molar-refractivity contribution in [3.05, 3.63) is 179 Å². The van der Waals surface area contributed by atoms with Gasteiger partial charge in [-0.25, -0.2) is 0 Å². The van der Waals surface area contributed by atoms with E-state index in [0.29, 0.717) is 0 Å². The maximum Gasteiger partial charge on any atom is 0.0461 e. The van der Waals surface area contributed by atoms with Gasteiger partial charge in [-0.15, -0.1) is 0 Å². The predicted octanol–water partition coefficient (Wildman–Crippen LogP) is 13.1. The van der Waals surface area contributed by atoms with E-state index < -0.39 is 0 Å². The summed E-state index contributed by atoms with van der Waals surface area (Å²) in [6, 6.07) is 55.1. The molecular formula is C54H66N4. The third-order valence-corrected chi connectivity index (χ3v) is 11.9. The Morgan fingerprint density at radius 1 is 0.224 bits per heavy atom. The Balaban J connectivity index is 1.16. The average molecular weight is 771 g/mol. The normalized spacial score (nSPS) is 11.1. The van der Waals surface area contributed by atoms with Gasteiger partial charge < -0.3 is 19.6 Å². The first kappa shape index (κ1) is 42.1. The minimum Gasteiger partial charge on any atom is -0.372 e. The molecule has 302 valence electrons. The number of anilines is 6. The number of hydrogen-bond acceptors (Lipinski definition) is 4. The Morgan fingerprint density at radius 3 is 0.534 bits per heavy atom. The highest BCUT2D eigenvalue weighted by atomic mass is 15.1. The number of hydrogen-bond donors (Lipinski definition) is 0. The summed E-state index contributed by atoms with van der Waals surface area (Å²) in [6.45, 7) is 19.5. The number of rotatable bonds is 21. The molecule has 0 radical (unpaired) electrons. The fourth-order valence-electron chi connectivity index (χ4n) is 8.13. The molecular weight excluding hydrogens is 705 g/mol. The van der Waals surface area contributed by atoms with Crippen LogP contribution in [0.5, 0.6) is 0 Å². The van der Waals surface area contributed by atoms with E-state index in [1.165, 1.54) is 67.5 Å². The van der Waals surface area contributed by atoms with Crippen molar-refractivity contribution >= 4 is 34.1 Å². The molecule has 0 fully saturated rings. The molecule has 6 aromatic rings. The molecule has 0 saturated heterocycles. The van der Waals surface area contributed by atoms with Crippen LogP contribution in [0.3, 0.4) is 0 Å². The summed E-state index contributed by atoms with van der Waals surface area (Å²) in [7, 11) is 0. The quantitative estimate of drug-likeness (QED) is 0.0722. The van der Waals surface area contributed by atoms with E-state index in [1.807, 2.05) is 0 Å². The number of aryl methyl sites for hydroxylation is 6. The number of nitrogens with zero attached hydrogens (tertiary/aromatic N) is 4. The zero-order valence-electron chi connectivity index (χ0n) is 36.1. The lowest BCUT2D eigenvalue weighted by molar-refractivity contribution is 0.864. The second-order valence-electron chi connectivity index (χ2n) is 15.4. The van der Waals surface area contributed by atoms with Crippen molar-refractivity contribution in [3.8, 4) is 0 Å². The Labute approximate surface area is 350 Å². The molecule has 0 spiro atoms. The van der Waals surface area contributed by atoms with Gasteiger partial charge in [0.1, 0.15) is 0 Å². The van der Waals surface area contributed by atoms with Crippen molar-refractivity contribution < 1.29 is 0 Å². The first-order valence-corrected chi connectivity index (χ1v) is 22.0. The summed E-state index contributed by atoms with van der Waals surface area (Å²) >= 11 is 0. The SMILES string of the molecule is CCN(CC)c1ccc(CCc2ccc(N(c3ccc(CCc4ccc(N(CC)CC)cc4)cc3)c3ccc(CCc4ccc(N(CC)CC)cc4)cc3)cc2)cc1. The summed E-state index contributed by atoms with van der Waals surface area (Å²) in [4.78, 5) is 9.60. The summed E-state index contributed by atoms with van der Waals surface area (Å²) in [5, 5.41) is 0. The van der Waals surface area contributed by atoms with Crippen LogP contribution in [0.4, 0.5) is 34.1 Å². The molecule has 4 nitrogen and oxygen atoms in total. The maximum absolute atomic E-state index is 2.40. The second-order valence-corrected chi connectivity index (χ2v) is 15.4. The highest BCUT2D eigenvalue weighted by molar-refractivity contribution is 5.76. The fourth-order valence-corrected chi connectivity index (χ4v) is 8.13. The van der Waals surface area contributed by atoms with Crippen LogP contribution in [0.25, 0.3) is 0 Å². The van der Waals surface area contributed by atoms with Gasteiger partial charge >= 0.3 is 0 Å². The van der Waals surface area contributed by atoms with E-state index in [9.17, 15) is 0 Å². The van der Waals surface area contributed by atoms with Crippen molar-refractivity contribution in [1.29, 1.82) is 0 Å². The van der Waals surface area contributed by atoms with Crippen molar-refractivity contribution in [3.63, 3.8) is 0 Å². The molecule has 0 aromatic heterocycles. The molecule has 0 aliphatic heterocycles. The lowest BCUT2D eigenvalue weighted by Gasteiger charge is -2.26. The Morgan fingerprint density at radius 2 is 0.379 bits per heavy atom. The van der Waals surface area contributed by atoms with E-state index in [0.717, 1.165) is 77.8 Å². The van der Waals surface area contributed by atoms with Gasteiger partial charge in [0.25, 0.3) is 0 Å². The van der Waals surface area contributed by atoms with Crippen molar-refractivity contribution in [2.45, 2.75) is 80.1 Å². The third kappa shape index (κ3) is 11.1. The van der Waals surface area contributed by atoms with Gasteiger partial charge in [0.2, 0.25) is 0 Å². The van der Waals surface area contributed by atoms with Crippen LogP contribution in [0.1, 0.15) is 74.9 Å². The topological polar surface area (TPSA) is 13.0 Å². The van der Waals surface area contributed by atoms with E-state index in [4.69, 9.17) is 0 Å². The molecule has 0 amide bonds. The van der Waals surface area contributed by atoms with Gasteiger partial charge in [0, 0.05) is 73.4 Å². The highest BCUT2D eigenvalue weighted by Gasteiger charge is 2.14. The number of benzene rings is 6. The fraction of sp³-hybridized carbons (Fsp3) is 0.333. The molecule has 0 atom stereocenters. The van der Waals surface area contributed by atoms with Gasteiger partial charge in [-0.3, -0.25) is 0 Å². The molecule has 0 bridgehead atoms. The predicted molar refractivity (Wildman–Crippen MR) is 253 cm³/mol. The summed E-state index contributed by atoms with van der Waals surface area (Å²) in [5.74, 6) is 0. The first-order valence-electron chi connectivity index (χ1n) is 22.0. The van der Waals surface area contributed by atoms with Gasteiger partial charge in [0.15, 0.2) is 0 Å². The summed E-state index contributed by atoms with van der Waals surface area (Å²) < 4.78 is 0. The largest absolute Gasteiger partial charge is 0.372 e. The molecule has 6 rings (SSSR count). The van der Waals surface area contributed by atoms with Gasteiger partial charge in [-0.1, -0.05) is 72.8 Å². The van der Waals surface area contributed by atoms with Crippen LogP contribution in [0.15, 0.2) is 146 Å². The molecule has 0 N–H and O–H groups in total. The van der Waals surface area contributed by atoms with Gasteiger partial charge in [-0.2, -0.15) is 0 Å². The van der Waals surface area contributed by atoms with Crippen LogP contribution >= 0.6 is 0 Å². The third-order valence-electron chi connectivity index (χ3n) is 11.9. The lowest BCUT2D eigenvalue weighted by Crippen LogP contribution is -2.21. The minimum absolute atomic E-state index is 1.02. The Hall–Kier alpha value is -5.48. The zero-order chi connectivity index (χ0) is 40.7. The van der Waals surface area contributed by atoms with Gasteiger partial charge in [-0.05, 0) is 186 Å². The smallest absolute Gasteiger partial charge is 0.0461 e. The van der Waals surface area contributed by atoms with Crippen LogP contribution in [-0.2, 0) is 38.5 Å². The first-order chi connectivity index (χ1) is 28.4. The molecule has 0 heterocycles. The van der Waals surface area contributed by atoms with Crippen LogP contribution in [-0.4, -0.2) is 39.3 Å². The zero-order valence-corrected chi connectivity index (χ0v) is 36.1. The molecule has 0 aliphatic carbocycles. The van der Waals surface area contributed by atoms with Crippen LogP contribution in [0, 0.1) is 0 Å². The molecule has 0 saturated carbocycles. The van der Waals surface area contributed by atoms with Crippen LogP contribution < -0.4 is 19.6 Å². The standard InChI is InChI=1S/C54H66N4/c1-7-55(8-2)49-31-19-43(20-32-49)13-16-46-25-37-52(38-26-46)58(53-39-27-47(28-40-53)17-14-44-21-33-50(34-22-44)56(9-3)10-4)54-41-29-48(30-42-54)18-15-45-23-35-51(36-24-45)57(11-5)12-6/h19-42H,7-18H2,1-6H3. The van der Waals surface area contributed by atoms with Gasteiger partial charge in [0.05, 0.1) is 0 Å². The molecule has 0 aliphatic rings. The van der Waals surface area contributed by atoms with Crippen molar-refractivity contribution in [2.75, 3.05) is 58.9 Å². The molecule has 0 unspecified atom stereocenters. The maximum atomic E-state index is 2.40. The summed E-state index contributed by atoms with van der Waals surface area (Å²) in [6.07, 6.45) is 6.15. The van der Waals surface area contributed by atoms with E-state index in [1.54, 1.807) is 0 Å². The highest BCUT2D eigenvalue weighted by Crippen LogP contribution is 2.35. The Bertz CT molecular complexity index is 1810. The molecule has 4 heteroatoms. The van der Waals surface area contributed by atoms with Crippen LogP contribution in [0.2, 0.25) is 0 Å². The molecule has 6 aromatic carbocycles. The lowest BCUT2D eigenvalue weighted by atomic mass is 10.0. The summed E-state index contributed by atoms with van der Waals surface area (Å²) in [5.41, 5.74) is 15.7. The Kier molecular flexibility index (Phi) is 15.5. The second kappa shape index (κ2) is 21.3. The minimum atomic E-state index is 1.02. The molecule has 58 heavy (non-hydrogen) atoms. The average Bonchev–Trinajstić information content (AvgIpc) is 3.28. The van der Waals surface area contributed by atoms with Crippen molar-refractivity contribution in [2.24, 2.45) is 0 Å². The van der Waals surface area contributed by atoms with E-state index in [2.05, 4.69) is 207 Å². The van der Waals surface area contributed by atoms with E-state index in [-0.39, 0.29) is 0 Å².